The van der Waals surface area contributed by atoms with E-state index in [1.54, 1.807) is 0 Å². The molecule has 0 aliphatic carbocycles. The fourth-order valence-electron chi connectivity index (χ4n) is 0.928. The maximum absolute atomic E-state index is 5.95. The van der Waals surface area contributed by atoms with Crippen LogP contribution < -0.4 is 5.32 Å². The van der Waals surface area contributed by atoms with Crippen LogP contribution in [0.2, 0.25) is 5.02 Å². The normalized spacial score (nSPS) is 9.38. The standard InChI is InChI=1S/C10H9BrClN/c1-3-4-13-10-6-9(12)7(2)5-8(10)11/h1,5-6,13H,4H2,2H3. The summed E-state index contributed by atoms with van der Waals surface area (Å²) in [6, 6.07) is 3.82. The fourth-order valence-corrected chi connectivity index (χ4v) is 1.69. The second-order valence-corrected chi connectivity index (χ2v) is 3.90. The van der Waals surface area contributed by atoms with Gasteiger partial charge in [0.25, 0.3) is 0 Å². The molecule has 0 saturated heterocycles. The first-order chi connectivity index (χ1) is 6.15. The van der Waals surface area contributed by atoms with Crippen molar-refractivity contribution in [2.45, 2.75) is 6.92 Å². The van der Waals surface area contributed by atoms with Crippen LogP contribution in [0.15, 0.2) is 16.6 Å². The Kier molecular flexibility index (Phi) is 3.65. The van der Waals surface area contributed by atoms with Gasteiger partial charge in [0, 0.05) is 9.50 Å². The Labute approximate surface area is 91.6 Å². The number of benzene rings is 1. The first-order valence-corrected chi connectivity index (χ1v) is 4.95. The predicted molar refractivity (Wildman–Crippen MR) is 61.2 cm³/mol. The Hall–Kier alpha value is -0.650. The van der Waals surface area contributed by atoms with Crippen LogP contribution >= 0.6 is 27.5 Å². The molecular weight excluding hydrogens is 249 g/mol. The minimum Gasteiger partial charge on any atom is -0.373 e. The van der Waals surface area contributed by atoms with Crippen molar-refractivity contribution in [3.63, 3.8) is 0 Å². The molecule has 0 saturated carbocycles. The maximum Gasteiger partial charge on any atom is 0.0763 e. The van der Waals surface area contributed by atoms with Gasteiger partial charge in [-0.15, -0.1) is 6.42 Å². The zero-order chi connectivity index (χ0) is 9.84. The SMILES string of the molecule is C#CCNc1cc(Cl)c(C)cc1Br. The number of rotatable bonds is 2. The van der Waals surface area contributed by atoms with Crippen LogP contribution in [0, 0.1) is 19.3 Å². The summed E-state index contributed by atoms with van der Waals surface area (Å²) in [6.45, 7) is 2.45. The van der Waals surface area contributed by atoms with E-state index < -0.39 is 0 Å². The lowest BCUT2D eigenvalue weighted by molar-refractivity contribution is 1.35. The zero-order valence-electron chi connectivity index (χ0n) is 7.20. The number of hydrogen-bond acceptors (Lipinski definition) is 1. The maximum atomic E-state index is 5.95. The van der Waals surface area contributed by atoms with Gasteiger partial charge in [-0.25, -0.2) is 0 Å². The quantitative estimate of drug-likeness (QED) is 0.801. The van der Waals surface area contributed by atoms with E-state index in [2.05, 4.69) is 27.2 Å². The minimum atomic E-state index is 0.498. The summed E-state index contributed by atoms with van der Waals surface area (Å²) >= 11 is 9.37. The molecule has 1 rings (SSSR count). The molecule has 0 aliphatic rings. The lowest BCUT2D eigenvalue weighted by Gasteiger charge is -2.07. The van der Waals surface area contributed by atoms with Crippen molar-refractivity contribution in [2.24, 2.45) is 0 Å². The van der Waals surface area contributed by atoms with Gasteiger partial charge in [-0.3, -0.25) is 0 Å². The van der Waals surface area contributed by atoms with Crippen LogP contribution in [0.4, 0.5) is 5.69 Å². The number of nitrogens with one attached hydrogen (secondary N) is 1. The number of anilines is 1. The summed E-state index contributed by atoms with van der Waals surface area (Å²) < 4.78 is 0.977. The highest BCUT2D eigenvalue weighted by atomic mass is 79.9. The van der Waals surface area contributed by atoms with Gasteiger partial charge in [0.15, 0.2) is 0 Å². The summed E-state index contributed by atoms with van der Waals surface area (Å²) in [5, 5.41) is 3.80. The third-order valence-electron chi connectivity index (χ3n) is 1.63. The van der Waals surface area contributed by atoms with Crippen molar-refractivity contribution in [2.75, 3.05) is 11.9 Å². The predicted octanol–water partition coefficient (Wildman–Crippen LogP) is 3.46. The first kappa shape index (κ1) is 10.4. The molecule has 0 spiro atoms. The van der Waals surface area contributed by atoms with Gasteiger partial charge in [0.2, 0.25) is 0 Å². The van der Waals surface area contributed by atoms with Crippen molar-refractivity contribution >= 4 is 33.2 Å². The Balaban J connectivity index is 2.96. The average Bonchev–Trinajstić information content (AvgIpc) is 2.09. The molecule has 68 valence electrons. The molecule has 1 aromatic rings. The Bertz CT molecular complexity index is 355. The topological polar surface area (TPSA) is 12.0 Å². The molecule has 0 unspecified atom stereocenters. The molecule has 0 heterocycles. The highest BCUT2D eigenvalue weighted by molar-refractivity contribution is 9.10. The molecule has 0 aliphatic heterocycles. The molecule has 0 atom stereocenters. The van der Waals surface area contributed by atoms with Crippen LogP contribution in [0.5, 0.6) is 0 Å². The number of aryl methyl sites for hydroxylation is 1. The van der Waals surface area contributed by atoms with E-state index in [-0.39, 0.29) is 0 Å². The monoisotopic (exact) mass is 257 g/mol. The lowest BCUT2D eigenvalue weighted by atomic mass is 10.2. The van der Waals surface area contributed by atoms with Crippen LogP contribution in [-0.4, -0.2) is 6.54 Å². The molecule has 0 radical (unpaired) electrons. The van der Waals surface area contributed by atoms with E-state index in [1.807, 2.05) is 19.1 Å². The average molecular weight is 259 g/mol. The first-order valence-electron chi connectivity index (χ1n) is 3.78. The van der Waals surface area contributed by atoms with Crippen molar-refractivity contribution < 1.29 is 0 Å². The third-order valence-corrected chi connectivity index (χ3v) is 2.69. The number of hydrogen-bond donors (Lipinski definition) is 1. The molecule has 1 N–H and O–H groups in total. The van der Waals surface area contributed by atoms with E-state index >= 15 is 0 Å². The molecule has 0 aromatic heterocycles. The Morgan fingerprint density at radius 2 is 2.31 bits per heavy atom. The van der Waals surface area contributed by atoms with Gasteiger partial charge in [0.05, 0.1) is 12.2 Å². The van der Waals surface area contributed by atoms with Gasteiger partial charge in [-0.2, -0.15) is 0 Å². The van der Waals surface area contributed by atoms with Crippen molar-refractivity contribution in [3.8, 4) is 12.3 Å². The molecule has 0 amide bonds. The largest absolute Gasteiger partial charge is 0.373 e. The number of terminal acetylenes is 1. The highest BCUT2D eigenvalue weighted by Gasteiger charge is 2.02. The van der Waals surface area contributed by atoms with Crippen LogP contribution in [-0.2, 0) is 0 Å². The van der Waals surface area contributed by atoms with Gasteiger partial charge in [-0.1, -0.05) is 17.5 Å². The zero-order valence-corrected chi connectivity index (χ0v) is 9.54. The summed E-state index contributed by atoms with van der Waals surface area (Å²) in [6.07, 6.45) is 5.13. The van der Waals surface area contributed by atoms with Crippen molar-refractivity contribution in [3.05, 3.63) is 27.2 Å². The molecule has 0 fully saturated rings. The van der Waals surface area contributed by atoms with E-state index in [0.717, 1.165) is 20.7 Å². The fraction of sp³-hybridized carbons (Fsp3) is 0.200. The van der Waals surface area contributed by atoms with Gasteiger partial charge >= 0.3 is 0 Å². The van der Waals surface area contributed by atoms with E-state index in [0.29, 0.717) is 6.54 Å². The smallest absolute Gasteiger partial charge is 0.0763 e. The van der Waals surface area contributed by atoms with Gasteiger partial charge in [-0.05, 0) is 40.5 Å². The summed E-state index contributed by atoms with van der Waals surface area (Å²) in [7, 11) is 0. The van der Waals surface area contributed by atoms with Crippen LogP contribution in [0.3, 0.4) is 0 Å². The Morgan fingerprint density at radius 1 is 1.62 bits per heavy atom. The molecule has 0 bridgehead atoms. The van der Waals surface area contributed by atoms with Gasteiger partial charge in [0.1, 0.15) is 0 Å². The summed E-state index contributed by atoms with van der Waals surface area (Å²) in [4.78, 5) is 0. The summed E-state index contributed by atoms with van der Waals surface area (Å²) in [5.41, 5.74) is 1.97. The second-order valence-electron chi connectivity index (χ2n) is 2.64. The summed E-state index contributed by atoms with van der Waals surface area (Å²) in [5.74, 6) is 2.50. The molecular formula is C10H9BrClN. The van der Waals surface area contributed by atoms with E-state index in [4.69, 9.17) is 18.0 Å². The molecule has 13 heavy (non-hydrogen) atoms. The van der Waals surface area contributed by atoms with Crippen LogP contribution in [0.25, 0.3) is 0 Å². The van der Waals surface area contributed by atoms with E-state index in [1.165, 1.54) is 0 Å². The molecule has 3 heteroatoms. The van der Waals surface area contributed by atoms with Crippen molar-refractivity contribution in [1.82, 2.24) is 0 Å². The second kappa shape index (κ2) is 4.55. The molecule has 1 nitrogen and oxygen atoms in total. The van der Waals surface area contributed by atoms with Gasteiger partial charge < -0.3 is 5.32 Å². The van der Waals surface area contributed by atoms with E-state index in [9.17, 15) is 0 Å². The van der Waals surface area contributed by atoms with Crippen LogP contribution in [0.1, 0.15) is 5.56 Å². The minimum absolute atomic E-state index is 0.498. The highest BCUT2D eigenvalue weighted by Crippen LogP contribution is 2.28. The number of halogens is 2. The lowest BCUT2D eigenvalue weighted by Crippen LogP contribution is -1.99. The third kappa shape index (κ3) is 2.65. The van der Waals surface area contributed by atoms with Crippen molar-refractivity contribution in [1.29, 1.82) is 0 Å². The molecule has 1 aromatic carbocycles. The Morgan fingerprint density at radius 3 is 2.92 bits per heavy atom.